The van der Waals surface area contributed by atoms with Gasteiger partial charge in [-0.15, -0.1) is 0 Å². The van der Waals surface area contributed by atoms with Crippen LogP contribution in [0, 0.1) is 0 Å². The summed E-state index contributed by atoms with van der Waals surface area (Å²) in [6.07, 6.45) is 2.87. The molecule has 0 spiro atoms. The Balaban J connectivity index is 1.56. The van der Waals surface area contributed by atoms with E-state index in [4.69, 9.17) is 4.74 Å². The predicted octanol–water partition coefficient (Wildman–Crippen LogP) is 1.26. The highest BCUT2D eigenvalue weighted by atomic mass is 16.6. The van der Waals surface area contributed by atoms with Crippen LogP contribution in [0.1, 0.15) is 12.6 Å². The van der Waals surface area contributed by atoms with Gasteiger partial charge in [0.2, 0.25) is 5.91 Å². The van der Waals surface area contributed by atoms with Gasteiger partial charge in [-0.1, -0.05) is 0 Å². The smallest absolute Gasteiger partial charge is 0.414 e. The van der Waals surface area contributed by atoms with E-state index in [0.29, 0.717) is 19.6 Å². The van der Waals surface area contributed by atoms with Crippen LogP contribution in [0.2, 0.25) is 0 Å². The van der Waals surface area contributed by atoms with E-state index in [0.717, 1.165) is 22.8 Å². The standard InChI is InChI=1S/C16H17N5O3/c1-10(22)18-7-13-8-20(16(23)24-13)11-2-3-15-14(4-11)19-6-12-5-17-9-21(12)15/h2-5,9,13,19H,6-8H2,1H3,(H,18,22)/t13-/m0/s1. The van der Waals surface area contributed by atoms with Gasteiger partial charge < -0.3 is 15.4 Å². The number of nitrogens with zero attached hydrogens (tertiary/aromatic N) is 3. The number of carbonyl (C=O) groups excluding carboxylic acids is 2. The molecule has 2 aromatic rings. The maximum absolute atomic E-state index is 12.1. The Morgan fingerprint density at radius 1 is 1.50 bits per heavy atom. The molecule has 24 heavy (non-hydrogen) atoms. The summed E-state index contributed by atoms with van der Waals surface area (Å²) in [5, 5.41) is 6.01. The molecule has 2 aliphatic heterocycles. The molecule has 0 unspecified atom stereocenters. The number of nitrogens with one attached hydrogen (secondary N) is 2. The number of carbonyl (C=O) groups is 2. The van der Waals surface area contributed by atoms with E-state index in [1.54, 1.807) is 11.2 Å². The van der Waals surface area contributed by atoms with Crippen molar-refractivity contribution in [3.8, 4) is 5.69 Å². The van der Waals surface area contributed by atoms with Crippen LogP contribution >= 0.6 is 0 Å². The van der Waals surface area contributed by atoms with Crippen LogP contribution in [-0.4, -0.2) is 40.7 Å². The summed E-state index contributed by atoms with van der Waals surface area (Å²) in [6, 6.07) is 5.77. The zero-order chi connectivity index (χ0) is 16.7. The molecule has 0 saturated carbocycles. The number of benzene rings is 1. The highest BCUT2D eigenvalue weighted by Gasteiger charge is 2.33. The second-order valence-corrected chi connectivity index (χ2v) is 5.86. The number of aromatic nitrogens is 2. The van der Waals surface area contributed by atoms with Crippen molar-refractivity contribution in [1.29, 1.82) is 0 Å². The van der Waals surface area contributed by atoms with Gasteiger partial charge in [-0.05, 0) is 18.2 Å². The maximum Gasteiger partial charge on any atom is 0.414 e. The number of hydrogen-bond acceptors (Lipinski definition) is 5. The molecule has 1 aromatic heterocycles. The molecule has 3 heterocycles. The quantitative estimate of drug-likeness (QED) is 0.886. The van der Waals surface area contributed by atoms with Gasteiger partial charge >= 0.3 is 6.09 Å². The Morgan fingerprint density at radius 2 is 2.38 bits per heavy atom. The van der Waals surface area contributed by atoms with Crippen LogP contribution in [-0.2, 0) is 16.1 Å². The number of fused-ring (bicyclic) bond motifs is 3. The summed E-state index contributed by atoms with van der Waals surface area (Å²) in [6.45, 7) is 2.85. The third-order valence-electron chi connectivity index (χ3n) is 4.18. The maximum atomic E-state index is 12.1. The van der Waals surface area contributed by atoms with Gasteiger partial charge in [0, 0.05) is 12.6 Å². The fourth-order valence-electron chi connectivity index (χ4n) is 3.00. The lowest BCUT2D eigenvalue weighted by molar-refractivity contribution is -0.119. The Hall–Kier alpha value is -3.03. The average Bonchev–Trinajstić information content (AvgIpc) is 3.18. The van der Waals surface area contributed by atoms with Crippen molar-refractivity contribution in [2.75, 3.05) is 23.3 Å². The molecule has 124 valence electrons. The van der Waals surface area contributed by atoms with Crippen molar-refractivity contribution >= 4 is 23.4 Å². The summed E-state index contributed by atoms with van der Waals surface area (Å²) in [4.78, 5) is 28.8. The van der Waals surface area contributed by atoms with Gasteiger partial charge in [-0.25, -0.2) is 9.78 Å². The first kappa shape index (κ1) is 14.6. The first-order valence-electron chi connectivity index (χ1n) is 7.74. The fourth-order valence-corrected chi connectivity index (χ4v) is 3.00. The molecule has 0 radical (unpaired) electrons. The molecular weight excluding hydrogens is 310 g/mol. The van der Waals surface area contributed by atoms with Gasteiger partial charge in [0.25, 0.3) is 0 Å². The fraction of sp³-hybridized carbons (Fsp3) is 0.312. The monoisotopic (exact) mass is 327 g/mol. The van der Waals surface area contributed by atoms with E-state index in [1.807, 2.05) is 29.0 Å². The highest BCUT2D eigenvalue weighted by molar-refractivity contribution is 5.91. The largest absolute Gasteiger partial charge is 0.442 e. The first-order chi connectivity index (χ1) is 11.6. The number of cyclic esters (lactones) is 1. The normalized spacial score (nSPS) is 18.5. The molecule has 0 bridgehead atoms. The van der Waals surface area contributed by atoms with E-state index in [2.05, 4.69) is 15.6 Å². The van der Waals surface area contributed by atoms with Gasteiger partial charge in [-0.3, -0.25) is 14.3 Å². The Kier molecular flexibility index (Phi) is 3.37. The lowest BCUT2D eigenvalue weighted by Crippen LogP contribution is -2.33. The van der Waals surface area contributed by atoms with E-state index in [1.165, 1.54) is 6.92 Å². The van der Waals surface area contributed by atoms with E-state index >= 15 is 0 Å². The van der Waals surface area contributed by atoms with Crippen LogP contribution in [0.3, 0.4) is 0 Å². The number of hydrogen-bond donors (Lipinski definition) is 2. The molecular formula is C16H17N5O3. The van der Waals surface area contributed by atoms with Crippen LogP contribution in [0.5, 0.6) is 0 Å². The zero-order valence-electron chi connectivity index (χ0n) is 13.2. The lowest BCUT2D eigenvalue weighted by atomic mass is 10.1. The molecule has 2 aliphatic rings. The van der Waals surface area contributed by atoms with Crippen LogP contribution in [0.25, 0.3) is 5.69 Å². The van der Waals surface area contributed by atoms with E-state index < -0.39 is 6.09 Å². The molecule has 2 amide bonds. The number of ether oxygens (including phenoxy) is 1. The Bertz CT molecular complexity index is 816. The average molecular weight is 327 g/mol. The topological polar surface area (TPSA) is 88.5 Å². The van der Waals surface area contributed by atoms with E-state index in [-0.39, 0.29) is 12.0 Å². The second-order valence-electron chi connectivity index (χ2n) is 5.86. The van der Waals surface area contributed by atoms with Gasteiger partial charge in [0.05, 0.1) is 49.2 Å². The van der Waals surface area contributed by atoms with Crippen molar-refractivity contribution < 1.29 is 14.3 Å². The summed E-state index contributed by atoms with van der Waals surface area (Å²) < 4.78 is 7.33. The van der Waals surface area contributed by atoms with Crippen molar-refractivity contribution in [1.82, 2.24) is 14.9 Å². The molecule has 8 nitrogen and oxygen atoms in total. The Labute approximate surface area is 138 Å². The summed E-state index contributed by atoms with van der Waals surface area (Å²) in [5.41, 5.74) is 3.79. The van der Waals surface area contributed by atoms with Crippen LogP contribution in [0.15, 0.2) is 30.7 Å². The summed E-state index contributed by atoms with van der Waals surface area (Å²) >= 11 is 0. The minimum absolute atomic E-state index is 0.140. The third kappa shape index (κ3) is 2.45. The molecule has 1 aromatic carbocycles. The van der Waals surface area contributed by atoms with Crippen LogP contribution in [0.4, 0.5) is 16.2 Å². The molecule has 4 rings (SSSR count). The molecule has 8 heteroatoms. The van der Waals surface area contributed by atoms with Crippen molar-refractivity contribution in [3.63, 3.8) is 0 Å². The van der Waals surface area contributed by atoms with Gasteiger partial charge in [0.1, 0.15) is 6.10 Å². The van der Waals surface area contributed by atoms with Gasteiger partial charge in [-0.2, -0.15) is 0 Å². The number of rotatable bonds is 3. The second kappa shape index (κ2) is 5.55. The minimum Gasteiger partial charge on any atom is -0.442 e. The Morgan fingerprint density at radius 3 is 3.21 bits per heavy atom. The minimum atomic E-state index is -0.399. The molecule has 1 fully saturated rings. The highest BCUT2D eigenvalue weighted by Crippen LogP contribution is 2.32. The first-order valence-corrected chi connectivity index (χ1v) is 7.74. The van der Waals surface area contributed by atoms with Gasteiger partial charge in [0.15, 0.2) is 0 Å². The lowest BCUT2D eigenvalue weighted by Gasteiger charge is -2.23. The molecule has 0 aliphatic carbocycles. The molecule has 1 saturated heterocycles. The number of anilines is 2. The zero-order valence-corrected chi connectivity index (χ0v) is 13.2. The molecule has 2 N–H and O–H groups in total. The van der Waals surface area contributed by atoms with E-state index in [9.17, 15) is 9.59 Å². The van der Waals surface area contributed by atoms with Crippen molar-refractivity contribution in [2.45, 2.75) is 19.6 Å². The number of imidazole rings is 1. The third-order valence-corrected chi connectivity index (χ3v) is 4.18. The summed E-state index contributed by atoms with van der Waals surface area (Å²) in [5.74, 6) is -0.140. The SMILES string of the molecule is CC(=O)NC[C@H]1CN(c2ccc3c(c2)NCc2cncn2-3)C(=O)O1. The molecule has 1 atom stereocenters. The van der Waals surface area contributed by atoms with Crippen molar-refractivity contribution in [3.05, 3.63) is 36.4 Å². The predicted molar refractivity (Wildman–Crippen MR) is 87.2 cm³/mol. The van der Waals surface area contributed by atoms with Crippen LogP contribution < -0.4 is 15.5 Å². The van der Waals surface area contributed by atoms with Crippen molar-refractivity contribution in [2.24, 2.45) is 0 Å². The summed E-state index contributed by atoms with van der Waals surface area (Å²) in [7, 11) is 0. The number of amides is 2.